The molecular weight excluding hydrogens is 393 g/mol. The molecule has 3 rings (SSSR count). The fraction of sp³-hybridized carbons (Fsp3) is 0. The molecule has 0 fully saturated rings. The van der Waals surface area contributed by atoms with E-state index < -0.39 is 0 Å². The summed E-state index contributed by atoms with van der Waals surface area (Å²) in [5, 5.41) is 10.0. The molecule has 0 bridgehead atoms. The molecule has 0 saturated heterocycles. The number of hydrogen-bond donors (Lipinski definition) is 1. The van der Waals surface area contributed by atoms with Crippen LogP contribution in [0, 0.1) is 14.9 Å². The number of halogens is 1. The highest BCUT2D eigenvalue weighted by atomic mass is 127. The van der Waals surface area contributed by atoms with Crippen LogP contribution in [-0.2, 0) is 0 Å². The number of aromatic nitrogens is 2. The van der Waals surface area contributed by atoms with Crippen molar-refractivity contribution >= 4 is 51.5 Å². The Balaban J connectivity index is 1.89. The lowest BCUT2D eigenvalue weighted by molar-refractivity contribution is 1.09. The smallest absolute Gasteiger partial charge is 0.171 e. The number of benzene rings is 2. The molecule has 0 spiro atoms. The van der Waals surface area contributed by atoms with E-state index in [-0.39, 0.29) is 0 Å². The molecule has 1 aromatic heterocycles. The quantitative estimate of drug-likeness (QED) is 0.388. The van der Waals surface area contributed by atoms with Crippen molar-refractivity contribution in [2.45, 2.75) is 5.16 Å². The number of nitrogens with one attached hydrogen (secondary N) is 1. The van der Waals surface area contributed by atoms with E-state index in [4.69, 9.17) is 0 Å². The summed E-state index contributed by atoms with van der Waals surface area (Å²) in [5.41, 5.74) is 2.90. The van der Waals surface area contributed by atoms with Crippen LogP contribution in [0.15, 0.2) is 58.6 Å². The van der Waals surface area contributed by atoms with Gasteiger partial charge in [0, 0.05) is 3.57 Å². The van der Waals surface area contributed by atoms with Gasteiger partial charge in [-0.05, 0) is 70.3 Å². The van der Waals surface area contributed by atoms with Crippen LogP contribution >= 0.6 is 34.4 Å². The number of aromatic amines is 1. The minimum absolute atomic E-state index is 0.607. The first-order valence-corrected chi connectivity index (χ1v) is 8.14. The lowest BCUT2D eigenvalue weighted by Gasteiger charge is -1.97. The summed E-state index contributed by atoms with van der Waals surface area (Å²) >= 11 is 3.61. The maximum atomic E-state index is 9.31. The van der Waals surface area contributed by atoms with Crippen molar-refractivity contribution < 1.29 is 0 Å². The fourth-order valence-corrected chi connectivity index (χ4v) is 3.24. The highest BCUT2D eigenvalue weighted by Gasteiger charge is 2.06. The van der Waals surface area contributed by atoms with Crippen LogP contribution in [0.4, 0.5) is 0 Å². The average molecular weight is 403 g/mol. The van der Waals surface area contributed by atoms with Gasteiger partial charge in [-0.1, -0.05) is 24.3 Å². The standard InChI is InChI=1S/C16H10IN3S/c17-12-5-3-4-11(8-12)9-13(10-18)21-16-19-14-6-1-2-7-15(14)20-16/h1-9H,(H,19,20)/b13-9+. The van der Waals surface area contributed by atoms with Gasteiger partial charge in [0.1, 0.15) is 6.07 Å². The zero-order valence-electron chi connectivity index (χ0n) is 10.9. The summed E-state index contributed by atoms with van der Waals surface area (Å²) in [5.74, 6) is 0. The van der Waals surface area contributed by atoms with E-state index in [0.29, 0.717) is 4.91 Å². The van der Waals surface area contributed by atoms with E-state index in [1.54, 1.807) is 0 Å². The second-order valence-electron chi connectivity index (χ2n) is 4.34. The highest BCUT2D eigenvalue weighted by molar-refractivity contribution is 14.1. The highest BCUT2D eigenvalue weighted by Crippen LogP contribution is 2.27. The molecule has 0 aliphatic heterocycles. The van der Waals surface area contributed by atoms with E-state index in [0.717, 1.165) is 25.3 Å². The summed E-state index contributed by atoms with van der Waals surface area (Å²) in [4.78, 5) is 8.30. The fourth-order valence-electron chi connectivity index (χ4n) is 1.91. The molecule has 0 saturated carbocycles. The molecule has 0 amide bonds. The third-order valence-corrected chi connectivity index (χ3v) is 4.32. The molecule has 3 aromatic rings. The number of nitriles is 1. The number of para-hydroxylation sites is 2. The Bertz CT molecular complexity index is 828. The Morgan fingerprint density at radius 3 is 2.86 bits per heavy atom. The van der Waals surface area contributed by atoms with Crippen molar-refractivity contribution in [3.63, 3.8) is 0 Å². The van der Waals surface area contributed by atoms with Crippen LogP contribution in [0.25, 0.3) is 17.1 Å². The van der Waals surface area contributed by atoms with Gasteiger partial charge in [-0.15, -0.1) is 0 Å². The van der Waals surface area contributed by atoms with E-state index in [9.17, 15) is 5.26 Å². The van der Waals surface area contributed by atoms with Gasteiger partial charge in [-0.3, -0.25) is 0 Å². The van der Waals surface area contributed by atoms with Gasteiger partial charge in [-0.2, -0.15) is 5.26 Å². The Hall–Kier alpha value is -1.78. The Morgan fingerprint density at radius 2 is 2.10 bits per heavy atom. The summed E-state index contributed by atoms with van der Waals surface area (Å²) in [6.45, 7) is 0. The zero-order chi connectivity index (χ0) is 14.7. The average Bonchev–Trinajstić information content (AvgIpc) is 2.89. The molecule has 5 heteroatoms. The Morgan fingerprint density at radius 1 is 1.24 bits per heavy atom. The molecule has 0 unspecified atom stereocenters. The van der Waals surface area contributed by atoms with Gasteiger partial charge in [0.15, 0.2) is 5.16 Å². The second-order valence-corrected chi connectivity index (χ2v) is 6.61. The lowest BCUT2D eigenvalue weighted by atomic mass is 10.2. The number of allylic oxidation sites excluding steroid dienone is 1. The van der Waals surface area contributed by atoms with Gasteiger partial charge in [0.25, 0.3) is 0 Å². The van der Waals surface area contributed by atoms with Crippen LogP contribution in [0.2, 0.25) is 0 Å². The van der Waals surface area contributed by atoms with Crippen molar-refractivity contribution in [3.05, 3.63) is 62.6 Å². The second kappa shape index (κ2) is 6.33. The normalized spacial score (nSPS) is 11.5. The molecule has 0 radical (unpaired) electrons. The first kappa shape index (κ1) is 14.2. The molecule has 102 valence electrons. The predicted octanol–water partition coefficient (Wildman–Crippen LogP) is 4.82. The number of hydrogen-bond acceptors (Lipinski definition) is 3. The van der Waals surface area contributed by atoms with Crippen molar-refractivity contribution in [3.8, 4) is 6.07 Å². The SMILES string of the molecule is N#C/C(=C\c1cccc(I)c1)Sc1nc2ccccc2[nH]1. The third-order valence-electron chi connectivity index (χ3n) is 2.83. The summed E-state index contributed by atoms with van der Waals surface area (Å²) < 4.78 is 1.15. The van der Waals surface area contributed by atoms with Crippen molar-refractivity contribution in [1.29, 1.82) is 5.26 Å². The number of fused-ring (bicyclic) bond motifs is 1. The molecular formula is C16H10IN3S. The summed E-state index contributed by atoms with van der Waals surface area (Å²) in [6, 6.07) is 18.1. The van der Waals surface area contributed by atoms with Gasteiger partial charge in [0.05, 0.1) is 15.9 Å². The third kappa shape index (κ3) is 3.46. The molecule has 21 heavy (non-hydrogen) atoms. The first-order valence-electron chi connectivity index (χ1n) is 6.24. The molecule has 3 nitrogen and oxygen atoms in total. The number of rotatable bonds is 3. The molecule has 0 aliphatic carbocycles. The topological polar surface area (TPSA) is 52.5 Å². The maximum absolute atomic E-state index is 9.31. The van der Waals surface area contributed by atoms with E-state index >= 15 is 0 Å². The van der Waals surface area contributed by atoms with Crippen molar-refractivity contribution in [1.82, 2.24) is 9.97 Å². The zero-order valence-corrected chi connectivity index (χ0v) is 13.9. The van der Waals surface area contributed by atoms with Gasteiger partial charge in [-0.25, -0.2) is 4.98 Å². The molecule has 0 atom stereocenters. The number of thioether (sulfide) groups is 1. The van der Waals surface area contributed by atoms with Crippen molar-refractivity contribution in [2.75, 3.05) is 0 Å². The minimum Gasteiger partial charge on any atom is -0.333 e. The van der Waals surface area contributed by atoms with Crippen LogP contribution in [-0.4, -0.2) is 9.97 Å². The number of nitrogens with zero attached hydrogens (tertiary/aromatic N) is 2. The monoisotopic (exact) mass is 403 g/mol. The largest absolute Gasteiger partial charge is 0.333 e. The predicted molar refractivity (Wildman–Crippen MR) is 94.7 cm³/mol. The maximum Gasteiger partial charge on any atom is 0.171 e. The molecule has 0 aliphatic rings. The molecule has 1 N–H and O–H groups in total. The summed E-state index contributed by atoms with van der Waals surface area (Å²) in [7, 11) is 0. The Labute approximate surface area is 140 Å². The lowest BCUT2D eigenvalue weighted by Crippen LogP contribution is -1.79. The molecule has 2 aromatic carbocycles. The van der Waals surface area contributed by atoms with E-state index in [1.807, 2.05) is 54.6 Å². The van der Waals surface area contributed by atoms with Crippen LogP contribution < -0.4 is 0 Å². The van der Waals surface area contributed by atoms with Gasteiger partial charge in [0.2, 0.25) is 0 Å². The minimum atomic E-state index is 0.607. The van der Waals surface area contributed by atoms with E-state index in [2.05, 4.69) is 38.6 Å². The van der Waals surface area contributed by atoms with Gasteiger partial charge >= 0.3 is 0 Å². The van der Waals surface area contributed by atoms with Crippen LogP contribution in [0.1, 0.15) is 5.56 Å². The van der Waals surface area contributed by atoms with E-state index in [1.165, 1.54) is 11.8 Å². The number of H-pyrrole nitrogens is 1. The van der Waals surface area contributed by atoms with Crippen LogP contribution in [0.3, 0.4) is 0 Å². The summed E-state index contributed by atoms with van der Waals surface area (Å²) in [6.07, 6.45) is 1.88. The number of imidazole rings is 1. The van der Waals surface area contributed by atoms with Gasteiger partial charge < -0.3 is 4.98 Å². The molecule has 1 heterocycles. The first-order chi connectivity index (χ1) is 10.2. The Kier molecular flexibility index (Phi) is 4.27. The van der Waals surface area contributed by atoms with Crippen LogP contribution in [0.5, 0.6) is 0 Å². The van der Waals surface area contributed by atoms with Crippen molar-refractivity contribution in [2.24, 2.45) is 0 Å².